The van der Waals surface area contributed by atoms with E-state index in [9.17, 15) is 26.4 Å². The largest absolute Gasteiger partial charge is 0.536 e. The zero-order valence-electron chi connectivity index (χ0n) is 9.66. The fourth-order valence-electron chi connectivity index (χ4n) is 1.62. The lowest BCUT2D eigenvalue weighted by molar-refractivity contribution is -0.0557. The number of rotatable bonds is 2. The number of fused-ring (bicyclic) bond motifs is 1. The van der Waals surface area contributed by atoms with Crippen molar-refractivity contribution in [3.63, 3.8) is 0 Å². The van der Waals surface area contributed by atoms with Crippen molar-refractivity contribution in [1.82, 2.24) is 14.8 Å². The Morgan fingerprint density at radius 1 is 1.45 bits per heavy atom. The molecule has 1 aromatic heterocycles. The van der Waals surface area contributed by atoms with Crippen LogP contribution in [0.3, 0.4) is 0 Å². The Balaban J connectivity index is 2.21. The Labute approximate surface area is 110 Å². The van der Waals surface area contributed by atoms with Crippen LogP contribution in [0.4, 0.5) is 18.0 Å². The van der Waals surface area contributed by atoms with Crippen LogP contribution in [0.1, 0.15) is 11.3 Å². The molecule has 112 valence electrons. The molecule has 1 aromatic rings. The number of carboxylic acid groups (broad SMARTS) is 1. The predicted octanol–water partition coefficient (Wildman–Crippen LogP) is 0.197. The summed E-state index contributed by atoms with van der Waals surface area (Å²) in [6, 6.07) is 0. The number of amides is 1. The van der Waals surface area contributed by atoms with Gasteiger partial charge in [0.2, 0.25) is 0 Å². The molecule has 0 unspecified atom stereocenters. The first-order valence-electron chi connectivity index (χ1n) is 5.17. The fourth-order valence-corrected chi connectivity index (χ4v) is 1.98. The highest BCUT2D eigenvalue weighted by molar-refractivity contribution is 7.87. The summed E-state index contributed by atoms with van der Waals surface area (Å²) in [7, 11) is -5.81. The summed E-state index contributed by atoms with van der Waals surface area (Å²) in [6.07, 6.45) is -0.0106. The van der Waals surface area contributed by atoms with Crippen molar-refractivity contribution in [1.29, 1.82) is 0 Å². The molecule has 0 spiro atoms. The number of aromatic nitrogens is 2. The highest BCUT2D eigenvalue weighted by Crippen LogP contribution is 2.23. The first-order chi connectivity index (χ1) is 9.10. The molecule has 2 heterocycles. The minimum Gasteiger partial charge on any atom is -0.465 e. The van der Waals surface area contributed by atoms with E-state index in [4.69, 9.17) is 5.11 Å². The van der Waals surface area contributed by atoms with Crippen LogP contribution in [0.15, 0.2) is 6.20 Å². The maximum Gasteiger partial charge on any atom is 0.536 e. The third-order valence-electron chi connectivity index (χ3n) is 2.58. The van der Waals surface area contributed by atoms with Crippen LogP contribution >= 0.6 is 0 Å². The molecule has 0 radical (unpaired) electrons. The molecule has 0 saturated heterocycles. The second-order valence-electron chi connectivity index (χ2n) is 3.93. The van der Waals surface area contributed by atoms with Crippen LogP contribution in [0.2, 0.25) is 0 Å². The van der Waals surface area contributed by atoms with E-state index >= 15 is 0 Å². The summed E-state index contributed by atoms with van der Waals surface area (Å²) < 4.78 is 61.8. The van der Waals surface area contributed by atoms with Gasteiger partial charge < -0.3 is 10.0 Å². The molecule has 0 saturated carbocycles. The molecule has 12 heteroatoms. The van der Waals surface area contributed by atoms with Crippen molar-refractivity contribution >= 4 is 16.2 Å². The molecule has 8 nitrogen and oxygen atoms in total. The normalized spacial score (nSPS) is 15.8. The predicted molar refractivity (Wildman–Crippen MR) is 55.9 cm³/mol. The second-order valence-corrected chi connectivity index (χ2v) is 5.45. The van der Waals surface area contributed by atoms with Crippen LogP contribution in [0.5, 0.6) is 0 Å². The minimum absolute atomic E-state index is 0.139. The average molecular weight is 315 g/mol. The van der Waals surface area contributed by atoms with E-state index in [1.807, 2.05) is 0 Å². The van der Waals surface area contributed by atoms with Crippen molar-refractivity contribution in [2.24, 2.45) is 0 Å². The molecular formula is C8H8F3N3O5S. The zero-order valence-corrected chi connectivity index (χ0v) is 10.5. The van der Waals surface area contributed by atoms with Gasteiger partial charge in [0, 0.05) is 12.1 Å². The van der Waals surface area contributed by atoms with Gasteiger partial charge in [-0.2, -0.15) is 21.6 Å². The molecule has 1 aliphatic heterocycles. The summed E-state index contributed by atoms with van der Waals surface area (Å²) in [5.41, 5.74) is -4.98. The summed E-state index contributed by atoms with van der Waals surface area (Å²) in [5.74, 6) is 0. The summed E-state index contributed by atoms with van der Waals surface area (Å²) in [5, 5.41) is 12.3. The van der Waals surface area contributed by atoms with Gasteiger partial charge in [-0.05, 0) is 6.42 Å². The fraction of sp³-hybridized carbons (Fsp3) is 0.500. The minimum atomic E-state index is -5.81. The summed E-state index contributed by atoms with van der Waals surface area (Å²) in [6.45, 7) is -0.00681. The molecule has 0 aromatic carbocycles. The van der Waals surface area contributed by atoms with E-state index in [0.717, 1.165) is 11.1 Å². The van der Waals surface area contributed by atoms with Crippen LogP contribution in [0.25, 0.3) is 0 Å². The summed E-state index contributed by atoms with van der Waals surface area (Å²) in [4.78, 5) is 11.9. The number of alkyl halides is 3. The molecule has 1 amide bonds. The van der Waals surface area contributed by atoms with Crippen LogP contribution in [0, 0.1) is 0 Å². The maximum absolute atomic E-state index is 12.1. The molecule has 1 N–H and O–H groups in total. The lowest BCUT2D eigenvalue weighted by Gasteiger charge is -2.22. The lowest BCUT2D eigenvalue weighted by atomic mass is 10.1. The SMILES string of the molecule is O=C(O)N1CCc2cn(OS(=O)(=O)C(F)(F)F)nc2C1. The third kappa shape index (κ3) is 2.64. The van der Waals surface area contributed by atoms with Crippen molar-refractivity contribution in [2.75, 3.05) is 6.54 Å². The molecular weight excluding hydrogens is 307 g/mol. The molecule has 0 fully saturated rings. The van der Waals surface area contributed by atoms with Gasteiger partial charge >= 0.3 is 21.7 Å². The smallest absolute Gasteiger partial charge is 0.465 e. The summed E-state index contributed by atoms with van der Waals surface area (Å²) >= 11 is 0. The van der Waals surface area contributed by atoms with E-state index in [2.05, 4.69) is 9.38 Å². The molecule has 0 aliphatic carbocycles. The van der Waals surface area contributed by atoms with Crippen LogP contribution < -0.4 is 4.28 Å². The number of hydrogen-bond donors (Lipinski definition) is 1. The Hall–Kier alpha value is -1.98. The number of nitrogens with zero attached hydrogens (tertiary/aromatic N) is 3. The lowest BCUT2D eigenvalue weighted by Crippen LogP contribution is -2.34. The monoisotopic (exact) mass is 315 g/mol. The van der Waals surface area contributed by atoms with Gasteiger partial charge in [0.25, 0.3) is 0 Å². The van der Waals surface area contributed by atoms with Crippen LogP contribution in [-0.2, 0) is 23.1 Å². The van der Waals surface area contributed by atoms with Crippen molar-refractivity contribution in [3.8, 4) is 0 Å². The topological polar surface area (TPSA) is 102 Å². The van der Waals surface area contributed by atoms with Crippen molar-refractivity contribution in [3.05, 3.63) is 17.5 Å². The first-order valence-corrected chi connectivity index (χ1v) is 6.57. The van der Waals surface area contributed by atoms with Gasteiger partial charge in [-0.3, -0.25) is 4.28 Å². The van der Waals surface area contributed by atoms with Crippen molar-refractivity contribution < 1.29 is 35.8 Å². The Morgan fingerprint density at radius 2 is 2.10 bits per heavy atom. The molecule has 0 bridgehead atoms. The zero-order chi connectivity index (χ0) is 15.1. The van der Waals surface area contributed by atoms with Crippen LogP contribution in [-0.4, -0.2) is 46.5 Å². The maximum atomic E-state index is 12.1. The van der Waals surface area contributed by atoms with Crippen molar-refractivity contribution in [2.45, 2.75) is 18.5 Å². The third-order valence-corrected chi connectivity index (χ3v) is 3.49. The average Bonchev–Trinajstić information content (AvgIpc) is 2.67. The van der Waals surface area contributed by atoms with Gasteiger partial charge in [-0.15, -0.1) is 5.10 Å². The van der Waals surface area contributed by atoms with Gasteiger partial charge in [-0.1, -0.05) is 4.85 Å². The second kappa shape index (κ2) is 4.54. The van der Waals surface area contributed by atoms with Gasteiger partial charge in [0.05, 0.1) is 18.4 Å². The first kappa shape index (κ1) is 14.4. The van der Waals surface area contributed by atoms with E-state index in [-0.39, 0.29) is 30.0 Å². The van der Waals surface area contributed by atoms with E-state index in [1.54, 1.807) is 0 Å². The van der Waals surface area contributed by atoms with E-state index < -0.39 is 21.7 Å². The molecule has 20 heavy (non-hydrogen) atoms. The number of carbonyl (C=O) groups is 1. The van der Waals surface area contributed by atoms with Gasteiger partial charge in [0.1, 0.15) is 0 Å². The number of hydrogen-bond acceptors (Lipinski definition) is 5. The van der Waals surface area contributed by atoms with E-state index in [1.165, 1.54) is 0 Å². The number of halogens is 3. The highest BCUT2D eigenvalue weighted by Gasteiger charge is 2.49. The molecule has 2 rings (SSSR count). The standard InChI is InChI=1S/C8H8F3N3O5S/c9-8(10,11)20(17,18)19-14-3-5-1-2-13(7(15)16)4-6(5)12-14/h3H,1-2,4H2,(H,15,16). The Morgan fingerprint density at radius 3 is 2.65 bits per heavy atom. The van der Waals surface area contributed by atoms with Gasteiger partial charge in [-0.25, -0.2) is 4.79 Å². The molecule has 0 atom stereocenters. The Kier molecular flexibility index (Phi) is 3.28. The molecule has 1 aliphatic rings. The quantitative estimate of drug-likeness (QED) is 0.782. The van der Waals surface area contributed by atoms with Gasteiger partial charge in [0.15, 0.2) is 0 Å². The van der Waals surface area contributed by atoms with E-state index in [0.29, 0.717) is 5.56 Å². The highest BCUT2D eigenvalue weighted by atomic mass is 32.2. The Bertz CT molecular complexity index is 638.